The number of benzene rings is 1. The minimum absolute atomic E-state index is 0.0242. The number of nitrogens with one attached hydrogen (secondary N) is 1. The fourth-order valence-corrected chi connectivity index (χ4v) is 1.07. The van der Waals surface area contributed by atoms with E-state index in [4.69, 9.17) is 5.26 Å². The van der Waals surface area contributed by atoms with Gasteiger partial charge in [-0.05, 0) is 24.6 Å². The van der Waals surface area contributed by atoms with Crippen LogP contribution in [0.3, 0.4) is 0 Å². The molecule has 2 nitrogen and oxygen atoms in total. The van der Waals surface area contributed by atoms with Gasteiger partial charge < -0.3 is 5.32 Å². The smallest absolute Gasteiger partial charge is 0.311 e. The maximum atomic E-state index is 12.2. The van der Waals surface area contributed by atoms with Crippen LogP contribution in [0.25, 0.3) is 5.57 Å². The third kappa shape index (κ3) is 4.60. The first kappa shape index (κ1) is 14.3. The minimum Gasteiger partial charge on any atom is -0.311 e. The highest BCUT2D eigenvalue weighted by Gasteiger charge is 2.30. The van der Waals surface area contributed by atoms with E-state index < -0.39 is 11.7 Å². The van der Waals surface area contributed by atoms with Crippen molar-refractivity contribution in [1.29, 1.82) is 5.26 Å². The van der Waals surface area contributed by atoms with Gasteiger partial charge in [0.25, 0.3) is 0 Å². The zero-order chi connectivity index (χ0) is 13.8. The lowest BCUT2D eigenvalue weighted by atomic mass is 10.1. The molecule has 5 heteroatoms. The number of hydrogen-bond acceptors (Lipinski definition) is 2. The van der Waals surface area contributed by atoms with Crippen molar-refractivity contribution in [3.8, 4) is 6.07 Å². The summed E-state index contributed by atoms with van der Waals surface area (Å²) in [6.45, 7) is 6.74. The van der Waals surface area contributed by atoms with Crippen LogP contribution in [0.5, 0.6) is 0 Å². The molecule has 18 heavy (non-hydrogen) atoms. The van der Waals surface area contributed by atoms with E-state index >= 15 is 0 Å². The van der Waals surface area contributed by atoms with Crippen molar-refractivity contribution in [3.05, 3.63) is 42.0 Å². The molecule has 1 aromatic rings. The summed E-state index contributed by atoms with van der Waals surface area (Å²) in [7, 11) is 0. The summed E-state index contributed by atoms with van der Waals surface area (Å²) in [4.78, 5) is 0. The van der Waals surface area contributed by atoms with Crippen molar-refractivity contribution in [2.45, 2.75) is 19.1 Å². The Kier molecular flexibility index (Phi) is 4.51. The molecular weight excluding hydrogens is 241 g/mol. The normalized spacial score (nSPS) is 17.2. The Morgan fingerprint density at radius 3 is 2.44 bits per heavy atom. The summed E-state index contributed by atoms with van der Waals surface area (Å²) in [5.74, 6) is 0. The molecule has 0 aromatic heterocycles. The second-order valence-electron chi connectivity index (χ2n) is 3.98. The van der Waals surface area contributed by atoms with E-state index in [1.165, 1.54) is 18.7 Å². The van der Waals surface area contributed by atoms with Crippen molar-refractivity contribution in [2.75, 3.05) is 6.54 Å². The first-order chi connectivity index (χ1) is 8.34. The third-order valence-electron chi connectivity index (χ3n) is 2.29. The average molecular weight is 254 g/mol. The Balaban J connectivity index is 0.000000341. The summed E-state index contributed by atoms with van der Waals surface area (Å²) < 4.78 is 36.7. The van der Waals surface area contributed by atoms with E-state index in [9.17, 15) is 13.2 Å². The Hall–Kier alpha value is -1.80. The van der Waals surface area contributed by atoms with Crippen LogP contribution in [0.15, 0.2) is 30.8 Å². The molecule has 1 N–H and O–H groups in total. The Labute approximate surface area is 104 Å². The maximum absolute atomic E-state index is 12.2. The second kappa shape index (κ2) is 5.69. The number of rotatable bonds is 1. The van der Waals surface area contributed by atoms with Crippen LogP contribution < -0.4 is 5.32 Å². The van der Waals surface area contributed by atoms with Crippen LogP contribution in [0, 0.1) is 11.3 Å². The summed E-state index contributed by atoms with van der Waals surface area (Å²) in [6.07, 6.45) is -4.38. The number of allylic oxidation sites excluding steroid dienone is 1. The predicted octanol–water partition coefficient (Wildman–Crippen LogP) is 3.22. The van der Waals surface area contributed by atoms with Gasteiger partial charge in [0.2, 0.25) is 0 Å². The molecule has 0 amide bonds. The molecule has 1 atom stereocenters. The molecule has 2 rings (SSSR count). The highest BCUT2D eigenvalue weighted by molar-refractivity contribution is 5.74. The second-order valence-corrected chi connectivity index (χ2v) is 3.98. The molecule has 0 saturated carbocycles. The highest BCUT2D eigenvalue weighted by atomic mass is 19.4. The first-order valence-electron chi connectivity index (χ1n) is 5.34. The largest absolute Gasteiger partial charge is 0.416 e. The molecule has 1 saturated heterocycles. The van der Waals surface area contributed by atoms with Gasteiger partial charge in [0.1, 0.15) is 0 Å². The van der Waals surface area contributed by atoms with Crippen molar-refractivity contribution in [3.63, 3.8) is 0 Å². The predicted molar refractivity (Wildman–Crippen MR) is 63.6 cm³/mol. The molecule has 1 unspecified atom stereocenters. The van der Waals surface area contributed by atoms with Gasteiger partial charge in [0.15, 0.2) is 0 Å². The van der Waals surface area contributed by atoms with Crippen molar-refractivity contribution in [2.24, 2.45) is 0 Å². The Morgan fingerprint density at radius 1 is 1.50 bits per heavy atom. The van der Waals surface area contributed by atoms with Gasteiger partial charge in [-0.25, -0.2) is 0 Å². The number of alkyl halides is 3. The maximum Gasteiger partial charge on any atom is 0.416 e. The quantitative estimate of drug-likeness (QED) is 0.617. The molecule has 0 radical (unpaired) electrons. The molecule has 1 aliphatic rings. The standard InChI is InChI=1S/C10H6F3N.C3H7N/c1-7(6-14)8-3-2-4-9(5-8)10(11,12)13;1-3-2-4-3/h2-5H,1H2;3-4H,2H2,1H3. The summed E-state index contributed by atoms with van der Waals surface area (Å²) in [5.41, 5.74) is -0.551. The van der Waals surface area contributed by atoms with E-state index in [-0.39, 0.29) is 11.1 Å². The van der Waals surface area contributed by atoms with Crippen LogP contribution in [-0.2, 0) is 6.18 Å². The molecule has 1 fully saturated rings. The fraction of sp³-hybridized carbons (Fsp3) is 0.308. The van der Waals surface area contributed by atoms with Crippen LogP contribution >= 0.6 is 0 Å². The first-order valence-corrected chi connectivity index (χ1v) is 5.34. The van der Waals surface area contributed by atoms with Crippen LogP contribution in [0.2, 0.25) is 0 Å². The van der Waals surface area contributed by atoms with Gasteiger partial charge in [-0.1, -0.05) is 18.7 Å². The summed E-state index contributed by atoms with van der Waals surface area (Å²) in [6, 6.07) is 7.06. The van der Waals surface area contributed by atoms with E-state index in [0.717, 1.165) is 18.2 Å². The molecule has 0 aliphatic carbocycles. The molecule has 1 aromatic carbocycles. The average Bonchev–Trinajstić information content (AvgIpc) is 3.10. The lowest BCUT2D eigenvalue weighted by Crippen LogP contribution is -2.04. The van der Waals surface area contributed by atoms with Gasteiger partial charge in [0.05, 0.1) is 17.2 Å². The lowest BCUT2D eigenvalue weighted by molar-refractivity contribution is -0.137. The molecule has 96 valence electrons. The van der Waals surface area contributed by atoms with E-state index in [2.05, 4.69) is 18.8 Å². The highest BCUT2D eigenvalue weighted by Crippen LogP contribution is 2.30. The van der Waals surface area contributed by atoms with E-state index in [0.29, 0.717) is 0 Å². The molecule has 1 heterocycles. The molecular formula is C13H13F3N2. The Bertz CT molecular complexity index is 468. The topological polar surface area (TPSA) is 45.7 Å². The summed E-state index contributed by atoms with van der Waals surface area (Å²) >= 11 is 0. The van der Waals surface area contributed by atoms with Crippen LogP contribution in [-0.4, -0.2) is 12.6 Å². The van der Waals surface area contributed by atoms with E-state index in [1.54, 1.807) is 6.07 Å². The molecule has 0 bridgehead atoms. The molecule has 1 aliphatic heterocycles. The van der Waals surface area contributed by atoms with Crippen LogP contribution in [0.4, 0.5) is 13.2 Å². The van der Waals surface area contributed by atoms with Gasteiger partial charge >= 0.3 is 6.18 Å². The van der Waals surface area contributed by atoms with Gasteiger partial charge in [-0.2, -0.15) is 18.4 Å². The van der Waals surface area contributed by atoms with Gasteiger partial charge in [0, 0.05) is 12.6 Å². The number of halogens is 3. The lowest BCUT2D eigenvalue weighted by Gasteiger charge is -2.07. The van der Waals surface area contributed by atoms with Gasteiger partial charge in [-0.3, -0.25) is 0 Å². The fourth-order valence-electron chi connectivity index (χ4n) is 1.07. The zero-order valence-corrected chi connectivity index (χ0v) is 9.88. The SMILES string of the molecule is C=C(C#N)c1cccc(C(F)(F)F)c1.CC1CN1. The van der Waals surface area contributed by atoms with Crippen molar-refractivity contribution < 1.29 is 13.2 Å². The number of nitrogens with zero attached hydrogens (tertiary/aromatic N) is 1. The van der Waals surface area contributed by atoms with E-state index in [1.807, 2.05) is 0 Å². The van der Waals surface area contributed by atoms with Crippen molar-refractivity contribution >= 4 is 5.57 Å². The number of nitriles is 1. The van der Waals surface area contributed by atoms with Crippen LogP contribution in [0.1, 0.15) is 18.1 Å². The third-order valence-corrected chi connectivity index (χ3v) is 2.29. The minimum atomic E-state index is -4.38. The Morgan fingerprint density at radius 2 is 2.06 bits per heavy atom. The zero-order valence-electron chi connectivity index (χ0n) is 9.88. The number of hydrogen-bond donors (Lipinski definition) is 1. The molecule has 0 spiro atoms. The summed E-state index contributed by atoms with van der Waals surface area (Å²) in [5, 5.41) is 11.5. The van der Waals surface area contributed by atoms with Crippen molar-refractivity contribution in [1.82, 2.24) is 5.32 Å². The van der Waals surface area contributed by atoms with Gasteiger partial charge in [-0.15, -0.1) is 0 Å². The monoisotopic (exact) mass is 254 g/mol.